The quantitative estimate of drug-likeness (QED) is 0.852. The molecule has 1 aliphatic rings. The number of carbonyl (C=O) groups excluding carboxylic acids is 1. The highest BCUT2D eigenvalue weighted by Gasteiger charge is 2.36. The fourth-order valence-electron chi connectivity index (χ4n) is 2.35. The van der Waals surface area contributed by atoms with Crippen LogP contribution in [-0.4, -0.2) is 54.7 Å². The number of aliphatic carboxylic acids is 1. The minimum absolute atomic E-state index is 0.0122. The Morgan fingerprint density at radius 2 is 2.04 bits per heavy atom. The van der Waals surface area contributed by atoms with Crippen LogP contribution in [0.15, 0.2) is 30.3 Å². The van der Waals surface area contributed by atoms with Crippen molar-refractivity contribution in [3.05, 3.63) is 30.3 Å². The predicted octanol–water partition coefficient (Wildman–Crippen LogP) is 0.977. The average molecular weight is 315 g/mol. The summed E-state index contributed by atoms with van der Waals surface area (Å²) < 4.78 is 0. The number of carboxylic acid groups (broad SMARTS) is 1. The van der Waals surface area contributed by atoms with E-state index in [0.29, 0.717) is 5.82 Å². The molecule has 1 unspecified atom stereocenters. The van der Waals surface area contributed by atoms with Gasteiger partial charge in [-0.2, -0.15) is 4.80 Å². The molecule has 8 heteroatoms. The zero-order valence-electron chi connectivity index (χ0n) is 12.7. The molecule has 120 valence electrons. The molecule has 1 fully saturated rings. The van der Waals surface area contributed by atoms with Gasteiger partial charge in [-0.1, -0.05) is 30.3 Å². The Morgan fingerprint density at radius 1 is 1.35 bits per heavy atom. The lowest BCUT2D eigenvalue weighted by molar-refractivity contribution is -0.146. The van der Waals surface area contributed by atoms with E-state index in [4.69, 9.17) is 5.11 Å². The van der Waals surface area contributed by atoms with Crippen molar-refractivity contribution in [1.29, 1.82) is 0 Å². The molecule has 1 heterocycles. The van der Waals surface area contributed by atoms with E-state index in [9.17, 15) is 9.59 Å². The van der Waals surface area contributed by atoms with E-state index in [0.717, 1.165) is 18.4 Å². The van der Waals surface area contributed by atoms with Crippen molar-refractivity contribution >= 4 is 11.9 Å². The van der Waals surface area contributed by atoms with Crippen molar-refractivity contribution < 1.29 is 14.7 Å². The van der Waals surface area contributed by atoms with Gasteiger partial charge in [-0.3, -0.25) is 9.59 Å². The van der Waals surface area contributed by atoms with Gasteiger partial charge in [-0.05, 0) is 25.0 Å². The van der Waals surface area contributed by atoms with Gasteiger partial charge in [0.25, 0.3) is 0 Å². The Labute approximate surface area is 132 Å². The summed E-state index contributed by atoms with van der Waals surface area (Å²) in [5.74, 6) is -0.887. The molecular formula is C15H17N5O3. The Kier molecular flexibility index (Phi) is 4.05. The van der Waals surface area contributed by atoms with E-state index in [1.165, 1.54) is 9.70 Å². The van der Waals surface area contributed by atoms with Crippen molar-refractivity contribution in [1.82, 2.24) is 25.1 Å². The van der Waals surface area contributed by atoms with Crippen molar-refractivity contribution in [2.45, 2.75) is 31.8 Å². The van der Waals surface area contributed by atoms with Crippen molar-refractivity contribution in [2.75, 3.05) is 6.54 Å². The van der Waals surface area contributed by atoms with Gasteiger partial charge in [-0.15, -0.1) is 10.2 Å². The first-order valence-corrected chi connectivity index (χ1v) is 7.43. The van der Waals surface area contributed by atoms with Gasteiger partial charge in [0.2, 0.25) is 11.7 Å². The van der Waals surface area contributed by atoms with E-state index in [2.05, 4.69) is 15.4 Å². The second-order valence-corrected chi connectivity index (χ2v) is 5.57. The number of carboxylic acids is 1. The molecule has 1 N–H and O–H groups in total. The molecule has 23 heavy (non-hydrogen) atoms. The molecule has 0 aliphatic heterocycles. The number of rotatable bonds is 6. The number of hydrogen-bond acceptors (Lipinski definition) is 5. The highest BCUT2D eigenvalue weighted by Crippen LogP contribution is 2.28. The van der Waals surface area contributed by atoms with E-state index in [1.807, 2.05) is 30.3 Å². The second-order valence-electron chi connectivity index (χ2n) is 5.57. The summed E-state index contributed by atoms with van der Waals surface area (Å²) in [5, 5.41) is 21.1. The number of carbonyl (C=O) groups is 2. The van der Waals surface area contributed by atoms with Crippen LogP contribution in [0.5, 0.6) is 0 Å². The highest BCUT2D eigenvalue weighted by atomic mass is 16.4. The number of tetrazole rings is 1. The average Bonchev–Trinajstić information content (AvgIpc) is 3.28. The maximum absolute atomic E-state index is 12.5. The SMILES string of the molecule is CC(C(=O)N(CC(=O)O)C1CC1)n1nnc(-c2ccccc2)n1. The normalized spacial score (nSPS) is 15.2. The van der Waals surface area contributed by atoms with Crippen LogP contribution in [0.2, 0.25) is 0 Å². The van der Waals surface area contributed by atoms with Gasteiger partial charge in [0.05, 0.1) is 0 Å². The first kappa shape index (κ1) is 15.1. The van der Waals surface area contributed by atoms with E-state index < -0.39 is 12.0 Å². The lowest BCUT2D eigenvalue weighted by Gasteiger charge is -2.23. The van der Waals surface area contributed by atoms with Crippen molar-refractivity contribution in [3.8, 4) is 11.4 Å². The van der Waals surface area contributed by atoms with Crippen molar-refractivity contribution in [3.63, 3.8) is 0 Å². The number of nitrogens with zero attached hydrogens (tertiary/aromatic N) is 5. The van der Waals surface area contributed by atoms with Crippen LogP contribution in [0, 0.1) is 0 Å². The van der Waals surface area contributed by atoms with Gasteiger partial charge >= 0.3 is 5.97 Å². The van der Waals surface area contributed by atoms with Gasteiger partial charge in [0.1, 0.15) is 12.6 Å². The summed E-state index contributed by atoms with van der Waals surface area (Å²) in [6.45, 7) is 1.35. The third kappa shape index (κ3) is 3.36. The third-order valence-corrected chi connectivity index (χ3v) is 3.74. The molecule has 1 amide bonds. The zero-order chi connectivity index (χ0) is 16.4. The second kappa shape index (κ2) is 6.15. The van der Waals surface area contributed by atoms with Gasteiger partial charge < -0.3 is 10.0 Å². The van der Waals surface area contributed by atoms with Crippen LogP contribution >= 0.6 is 0 Å². The molecule has 1 atom stereocenters. The lowest BCUT2D eigenvalue weighted by Crippen LogP contribution is -2.41. The molecular weight excluding hydrogens is 298 g/mol. The fourth-order valence-corrected chi connectivity index (χ4v) is 2.35. The van der Waals surface area contributed by atoms with E-state index in [-0.39, 0.29) is 18.5 Å². The third-order valence-electron chi connectivity index (χ3n) is 3.74. The minimum Gasteiger partial charge on any atom is -0.480 e. The standard InChI is InChI=1S/C15H17N5O3/c1-10(15(23)19(9-13(21)22)12-7-8-12)20-17-14(16-18-20)11-5-3-2-4-6-11/h2-6,10,12H,7-9H2,1H3,(H,21,22). The minimum atomic E-state index is -1.02. The van der Waals surface area contributed by atoms with Crippen LogP contribution < -0.4 is 0 Å². The Hall–Kier alpha value is -2.77. The molecule has 8 nitrogen and oxygen atoms in total. The number of hydrogen-bond donors (Lipinski definition) is 1. The number of benzene rings is 1. The molecule has 0 radical (unpaired) electrons. The molecule has 1 saturated carbocycles. The molecule has 0 spiro atoms. The van der Waals surface area contributed by atoms with Gasteiger partial charge in [0.15, 0.2) is 0 Å². The Bertz CT molecular complexity index is 711. The van der Waals surface area contributed by atoms with Crippen LogP contribution in [-0.2, 0) is 9.59 Å². The molecule has 2 aromatic rings. The van der Waals surface area contributed by atoms with Crippen LogP contribution in [0.4, 0.5) is 0 Å². The van der Waals surface area contributed by atoms with Gasteiger partial charge in [-0.25, -0.2) is 0 Å². The first-order chi connectivity index (χ1) is 11.1. The lowest BCUT2D eigenvalue weighted by atomic mass is 10.2. The molecule has 3 rings (SSSR count). The summed E-state index contributed by atoms with van der Waals surface area (Å²) in [5.41, 5.74) is 0.808. The smallest absolute Gasteiger partial charge is 0.323 e. The fraction of sp³-hybridized carbons (Fsp3) is 0.400. The molecule has 1 aliphatic carbocycles. The molecule has 0 saturated heterocycles. The van der Waals surface area contributed by atoms with E-state index >= 15 is 0 Å². The Balaban J connectivity index is 1.77. The van der Waals surface area contributed by atoms with Crippen LogP contribution in [0.1, 0.15) is 25.8 Å². The first-order valence-electron chi connectivity index (χ1n) is 7.43. The highest BCUT2D eigenvalue weighted by molar-refractivity contribution is 5.84. The van der Waals surface area contributed by atoms with Crippen LogP contribution in [0.25, 0.3) is 11.4 Å². The van der Waals surface area contributed by atoms with Gasteiger partial charge in [0, 0.05) is 11.6 Å². The maximum Gasteiger partial charge on any atom is 0.323 e. The molecule has 0 bridgehead atoms. The summed E-state index contributed by atoms with van der Waals surface area (Å²) in [4.78, 5) is 26.1. The molecule has 1 aromatic carbocycles. The Morgan fingerprint density at radius 3 is 2.65 bits per heavy atom. The summed E-state index contributed by atoms with van der Waals surface area (Å²) in [7, 11) is 0. The zero-order valence-corrected chi connectivity index (χ0v) is 12.7. The maximum atomic E-state index is 12.5. The predicted molar refractivity (Wildman–Crippen MR) is 80.3 cm³/mol. The summed E-state index contributed by atoms with van der Waals surface area (Å²) >= 11 is 0. The van der Waals surface area contributed by atoms with E-state index in [1.54, 1.807) is 6.92 Å². The largest absolute Gasteiger partial charge is 0.480 e. The topological polar surface area (TPSA) is 101 Å². The van der Waals surface area contributed by atoms with Crippen LogP contribution in [0.3, 0.4) is 0 Å². The summed E-state index contributed by atoms with van der Waals surface area (Å²) in [6.07, 6.45) is 1.68. The molecule has 1 aromatic heterocycles. The number of aromatic nitrogens is 4. The van der Waals surface area contributed by atoms with Crippen molar-refractivity contribution in [2.24, 2.45) is 0 Å². The summed E-state index contributed by atoms with van der Waals surface area (Å²) in [6, 6.07) is 8.65. The number of amides is 1. The monoisotopic (exact) mass is 315 g/mol.